The van der Waals surface area contributed by atoms with Gasteiger partial charge in [-0.25, -0.2) is 0 Å². The zero-order valence-electron chi connectivity index (χ0n) is 26.3. The third kappa shape index (κ3) is 5.66. The summed E-state index contributed by atoms with van der Waals surface area (Å²) in [5.74, 6) is -0.144. The molecule has 2 aromatic heterocycles. The molecule has 0 atom stereocenters. The van der Waals surface area contributed by atoms with Gasteiger partial charge in [0.05, 0.1) is 0 Å². The molecule has 51 heavy (non-hydrogen) atoms. The number of para-hydroxylation sites is 2. The van der Waals surface area contributed by atoms with Crippen molar-refractivity contribution in [1.29, 1.82) is 0 Å². The van der Waals surface area contributed by atoms with E-state index in [0.29, 0.717) is 22.8 Å². The van der Waals surface area contributed by atoms with E-state index < -0.39 is 23.8 Å². The van der Waals surface area contributed by atoms with Crippen molar-refractivity contribution in [3.8, 4) is 34.6 Å². The quantitative estimate of drug-likeness (QED) is 0.125. The van der Waals surface area contributed by atoms with Crippen molar-refractivity contribution in [2.45, 2.75) is 13.8 Å². The Morgan fingerprint density at radius 3 is 1.37 bits per heavy atom. The van der Waals surface area contributed by atoms with Crippen molar-refractivity contribution in [3.63, 3.8) is 0 Å². The molecule has 2 aliphatic rings. The van der Waals surface area contributed by atoms with Crippen LogP contribution in [0.15, 0.2) is 118 Å². The fraction of sp³-hybridized carbons (Fsp3) is 0.0625. The molecule has 6 aromatic rings. The summed E-state index contributed by atoms with van der Waals surface area (Å²) in [6.07, 6.45) is 0. The molecule has 0 radical (unpaired) electrons. The predicted octanol–water partition coefficient (Wildman–Crippen LogP) is 8.38. The van der Waals surface area contributed by atoms with E-state index >= 15 is 0 Å². The number of rotatable bonds is 4. The first-order valence-electron chi connectivity index (χ1n) is 14.9. The van der Waals surface area contributed by atoms with Crippen molar-refractivity contribution >= 4 is 34.1 Å². The van der Waals surface area contributed by atoms with Crippen LogP contribution in [0.3, 0.4) is 0 Å². The second-order valence-electron chi connectivity index (χ2n) is 10.8. The van der Waals surface area contributed by atoms with Crippen molar-refractivity contribution in [3.05, 3.63) is 129 Å². The van der Waals surface area contributed by atoms with E-state index in [2.05, 4.69) is 30.7 Å². The Morgan fingerprint density at radius 2 is 0.980 bits per heavy atom. The fourth-order valence-corrected chi connectivity index (χ4v) is 7.03. The topological polar surface area (TPSA) is 208 Å². The minimum atomic E-state index is -4.43. The zero-order valence-corrected chi connectivity index (χ0v) is 27.4. The second kappa shape index (κ2) is 12.2. The number of benzene rings is 4. The molecule has 257 valence electrons. The first kappa shape index (κ1) is 31.3. The molecule has 0 N–H and O–H groups in total. The molecule has 2 aliphatic heterocycles. The van der Waals surface area contributed by atoms with Crippen molar-refractivity contribution in [2.24, 2.45) is 20.5 Å². The van der Waals surface area contributed by atoms with Crippen molar-refractivity contribution in [2.75, 3.05) is 0 Å². The first-order valence-corrected chi connectivity index (χ1v) is 16.6. The van der Waals surface area contributed by atoms with Gasteiger partial charge >= 0.3 is 290 Å². The third-order valence-electron chi connectivity index (χ3n) is 7.41. The van der Waals surface area contributed by atoms with Crippen LogP contribution in [-0.2, 0) is 13.9 Å². The summed E-state index contributed by atoms with van der Waals surface area (Å²) in [6, 6.07) is 25.4. The molecular weight excluding hydrogens is 711 g/mol. The fourth-order valence-electron chi connectivity index (χ4n) is 4.97. The number of hydrogen-bond acceptors (Lipinski definition) is 14. The summed E-state index contributed by atoms with van der Waals surface area (Å²) in [6.45, 7) is 3.36. The molecule has 4 heterocycles. The number of azo groups is 2. The Bertz CT molecular complexity index is 2260. The molecule has 8 rings (SSSR count). The van der Waals surface area contributed by atoms with E-state index in [1.807, 2.05) is 12.1 Å². The van der Waals surface area contributed by atoms with Crippen LogP contribution in [0.5, 0.6) is 23.3 Å². The molecule has 0 saturated carbocycles. The van der Waals surface area contributed by atoms with E-state index in [9.17, 15) is 20.2 Å². The van der Waals surface area contributed by atoms with Crippen LogP contribution in [0.25, 0.3) is 11.4 Å². The normalized spacial score (nSPS) is 17.0. The van der Waals surface area contributed by atoms with Gasteiger partial charge in [0.15, 0.2) is 0 Å². The number of aryl methyl sites for hydroxylation is 2. The number of hydrogen-bond donors (Lipinski definition) is 0. The van der Waals surface area contributed by atoms with Crippen LogP contribution in [0.2, 0.25) is 0 Å². The number of fused-ring (bicyclic) bond motifs is 4. The van der Waals surface area contributed by atoms with Crippen LogP contribution >= 0.6 is 0 Å². The van der Waals surface area contributed by atoms with Crippen LogP contribution in [0.4, 0.5) is 34.1 Å². The van der Waals surface area contributed by atoms with Gasteiger partial charge in [0, 0.05) is 0 Å². The molecular formula is C32H22CoN10O8. The van der Waals surface area contributed by atoms with Gasteiger partial charge in [-0.15, -0.1) is 0 Å². The van der Waals surface area contributed by atoms with Crippen molar-refractivity contribution < 1.29 is 39.2 Å². The van der Waals surface area contributed by atoms with E-state index in [0.717, 1.165) is 0 Å². The summed E-state index contributed by atoms with van der Waals surface area (Å²) in [7, 11) is 0. The molecule has 0 saturated heterocycles. The van der Waals surface area contributed by atoms with E-state index in [4.69, 9.17) is 15.4 Å². The van der Waals surface area contributed by atoms with Crippen LogP contribution in [0.1, 0.15) is 11.4 Å². The Kier molecular flexibility index (Phi) is 7.46. The first-order chi connectivity index (χ1) is 24.7. The van der Waals surface area contributed by atoms with Crippen LogP contribution in [0, 0.1) is 34.1 Å². The maximum absolute atomic E-state index is 11.8. The van der Waals surface area contributed by atoms with Gasteiger partial charge in [0.1, 0.15) is 0 Å². The maximum atomic E-state index is 11.8. The molecule has 19 heteroatoms. The number of nitro benzene ring substituents is 2. The monoisotopic (exact) mass is 733 g/mol. The SMILES string of the molecule is Cc1nn(-c2ccccc2)c2c1N=Nc1cc([N+](=O)[O-])ccc1[O][Co]1([O]c3ccc([N+](=O)[O-])cc3N=Nc3c(C)nn(-c4ccccc4)c3[O]1)[O]2. The molecule has 0 unspecified atom stereocenters. The number of non-ortho nitro benzene ring substituents is 2. The van der Waals surface area contributed by atoms with Gasteiger partial charge < -0.3 is 0 Å². The minimum absolute atomic E-state index is 0.0158. The van der Waals surface area contributed by atoms with Gasteiger partial charge in [-0.1, -0.05) is 0 Å². The average Bonchev–Trinajstić information content (AvgIpc) is 3.64. The van der Waals surface area contributed by atoms with E-state index in [-0.39, 0.29) is 57.4 Å². The number of aromatic nitrogens is 4. The van der Waals surface area contributed by atoms with E-state index in [1.54, 1.807) is 62.4 Å². The standard InChI is InChI=1S/2C16H13N5O4.Co/c2*1-10-15(16(23)20(19-10)11-5-3-2-4-6-11)18-17-13-9-12(21(24)25)7-8-14(13)22;/h2*2-9,22-23H,1H3;/q;;+4/p-4. The van der Waals surface area contributed by atoms with Gasteiger partial charge in [-0.3, -0.25) is 0 Å². The van der Waals surface area contributed by atoms with E-state index in [1.165, 1.54) is 45.8 Å². The average molecular weight is 734 g/mol. The molecule has 0 amide bonds. The third-order valence-corrected chi connectivity index (χ3v) is 9.31. The molecule has 18 nitrogen and oxygen atoms in total. The van der Waals surface area contributed by atoms with Crippen LogP contribution < -0.4 is 15.4 Å². The zero-order chi connectivity index (χ0) is 35.3. The van der Waals surface area contributed by atoms with Gasteiger partial charge in [0.25, 0.3) is 0 Å². The summed E-state index contributed by atoms with van der Waals surface area (Å²) in [4.78, 5) is 22.4. The number of nitro groups is 2. The summed E-state index contributed by atoms with van der Waals surface area (Å²) < 4.78 is 29.6. The Labute approximate surface area is 289 Å². The number of nitrogens with zero attached hydrogens (tertiary/aromatic N) is 10. The molecule has 0 bridgehead atoms. The molecule has 4 aromatic carbocycles. The van der Waals surface area contributed by atoms with Gasteiger partial charge in [-0.2, -0.15) is 0 Å². The van der Waals surface area contributed by atoms with Crippen LogP contribution in [-0.4, -0.2) is 29.4 Å². The van der Waals surface area contributed by atoms with Crippen molar-refractivity contribution in [1.82, 2.24) is 19.6 Å². The Hall–Kier alpha value is -6.99. The summed E-state index contributed by atoms with van der Waals surface area (Å²) >= 11 is -4.43. The van der Waals surface area contributed by atoms with Gasteiger partial charge in [0.2, 0.25) is 0 Å². The predicted molar refractivity (Wildman–Crippen MR) is 174 cm³/mol. The molecule has 0 aliphatic carbocycles. The summed E-state index contributed by atoms with van der Waals surface area (Å²) in [5.41, 5.74) is 1.49. The molecule has 1 spiro atoms. The Balaban J connectivity index is 1.43. The van der Waals surface area contributed by atoms with Gasteiger partial charge in [-0.05, 0) is 0 Å². The Morgan fingerprint density at radius 1 is 0.569 bits per heavy atom. The molecule has 0 fully saturated rings. The second-order valence-corrected chi connectivity index (χ2v) is 12.7. The summed E-state index contributed by atoms with van der Waals surface area (Å²) in [5, 5.41) is 50.4.